The van der Waals surface area contributed by atoms with Gasteiger partial charge >= 0.3 is 5.97 Å². The molecule has 1 aliphatic rings. The Morgan fingerprint density at radius 2 is 2.00 bits per heavy atom. The molecule has 132 valence electrons. The van der Waals surface area contributed by atoms with Gasteiger partial charge in [0, 0.05) is 25.2 Å². The van der Waals surface area contributed by atoms with E-state index in [0.717, 1.165) is 18.8 Å². The number of likely N-dealkylation sites (N-methyl/N-ethyl adjacent to an activating group) is 1. The predicted molar refractivity (Wildman–Crippen MR) is 92.0 cm³/mol. The second-order valence-electron chi connectivity index (χ2n) is 6.25. The minimum absolute atomic E-state index is 0.205. The molecule has 1 amide bonds. The monoisotopic (exact) mass is 343 g/mol. The van der Waals surface area contributed by atoms with E-state index in [2.05, 4.69) is 4.90 Å². The fourth-order valence-electron chi connectivity index (χ4n) is 3.09. The second-order valence-corrected chi connectivity index (χ2v) is 6.25. The summed E-state index contributed by atoms with van der Waals surface area (Å²) in [5, 5.41) is 9.30. The topological polar surface area (TPSA) is 100 Å². The van der Waals surface area contributed by atoms with E-state index < -0.39 is 5.97 Å². The third kappa shape index (κ3) is 3.72. The van der Waals surface area contributed by atoms with Crippen LogP contribution in [0.2, 0.25) is 0 Å². The lowest BCUT2D eigenvalue weighted by atomic mass is 10.1. The van der Waals surface area contributed by atoms with Crippen molar-refractivity contribution in [2.45, 2.75) is 12.6 Å². The lowest BCUT2D eigenvalue weighted by Gasteiger charge is -2.37. The summed E-state index contributed by atoms with van der Waals surface area (Å²) in [6.07, 6.45) is 0. The van der Waals surface area contributed by atoms with E-state index in [9.17, 15) is 14.7 Å². The van der Waals surface area contributed by atoms with Crippen molar-refractivity contribution in [2.75, 3.05) is 26.7 Å². The molecule has 2 aromatic rings. The van der Waals surface area contributed by atoms with Crippen LogP contribution < -0.4 is 5.73 Å². The van der Waals surface area contributed by atoms with Gasteiger partial charge in [-0.3, -0.25) is 14.6 Å². The smallest absolute Gasteiger partial charge is 0.336 e. The molecule has 25 heavy (non-hydrogen) atoms. The normalized spacial score (nSPS) is 19.0. The molecule has 1 aliphatic heterocycles. The Hall–Kier alpha value is -2.64. The van der Waals surface area contributed by atoms with Gasteiger partial charge in [0.15, 0.2) is 0 Å². The fourth-order valence-corrected chi connectivity index (χ4v) is 3.09. The molecule has 7 heteroatoms. The van der Waals surface area contributed by atoms with Crippen LogP contribution >= 0.6 is 0 Å². The lowest BCUT2D eigenvalue weighted by molar-refractivity contribution is -0.125. The Kier molecular flexibility index (Phi) is 4.87. The number of rotatable bonds is 5. The van der Waals surface area contributed by atoms with Crippen molar-refractivity contribution in [1.29, 1.82) is 0 Å². The van der Waals surface area contributed by atoms with Gasteiger partial charge < -0.3 is 15.3 Å². The van der Waals surface area contributed by atoms with E-state index in [4.69, 9.17) is 10.2 Å². The third-order valence-corrected chi connectivity index (χ3v) is 4.52. The van der Waals surface area contributed by atoms with Crippen LogP contribution in [0.15, 0.2) is 40.8 Å². The van der Waals surface area contributed by atoms with Crippen LogP contribution in [-0.4, -0.2) is 59.5 Å². The number of benzene rings is 1. The van der Waals surface area contributed by atoms with E-state index in [1.54, 1.807) is 30.3 Å². The highest BCUT2D eigenvalue weighted by atomic mass is 16.4. The number of amides is 1. The minimum Gasteiger partial charge on any atom is -0.478 e. The number of aromatic carboxylic acids is 1. The third-order valence-electron chi connectivity index (χ3n) is 4.52. The zero-order chi connectivity index (χ0) is 18.0. The summed E-state index contributed by atoms with van der Waals surface area (Å²) in [5.74, 6) is -0.0730. The maximum Gasteiger partial charge on any atom is 0.336 e. The van der Waals surface area contributed by atoms with Crippen LogP contribution in [0, 0.1) is 0 Å². The first-order valence-electron chi connectivity index (χ1n) is 8.09. The van der Waals surface area contributed by atoms with E-state index in [0.29, 0.717) is 24.4 Å². The molecular weight excluding hydrogens is 322 g/mol. The van der Waals surface area contributed by atoms with Gasteiger partial charge in [-0.05, 0) is 25.2 Å². The van der Waals surface area contributed by atoms with Crippen molar-refractivity contribution in [3.63, 3.8) is 0 Å². The van der Waals surface area contributed by atoms with Crippen LogP contribution in [0.4, 0.5) is 0 Å². The number of carboxylic acid groups (broad SMARTS) is 1. The van der Waals surface area contributed by atoms with Crippen LogP contribution in [0.1, 0.15) is 16.1 Å². The highest BCUT2D eigenvalue weighted by Gasteiger charge is 2.28. The molecule has 1 fully saturated rings. The molecule has 0 unspecified atom stereocenters. The molecule has 1 saturated heterocycles. The van der Waals surface area contributed by atoms with Gasteiger partial charge in [0.05, 0.1) is 12.1 Å². The highest BCUT2D eigenvalue weighted by molar-refractivity contribution is 5.95. The number of piperazine rings is 1. The molecule has 2 heterocycles. The molecule has 0 aliphatic carbocycles. The molecule has 0 bridgehead atoms. The van der Waals surface area contributed by atoms with E-state index in [-0.39, 0.29) is 17.5 Å². The molecule has 0 spiro atoms. The number of hydrogen-bond donors (Lipinski definition) is 2. The van der Waals surface area contributed by atoms with Gasteiger partial charge in [-0.1, -0.05) is 18.2 Å². The number of primary amides is 1. The summed E-state index contributed by atoms with van der Waals surface area (Å²) in [5.41, 5.74) is 6.21. The van der Waals surface area contributed by atoms with Gasteiger partial charge in [0.2, 0.25) is 5.91 Å². The maximum absolute atomic E-state index is 11.5. The average molecular weight is 343 g/mol. The number of carbonyl (C=O) groups excluding carboxylic acids is 1. The molecule has 1 aromatic carbocycles. The van der Waals surface area contributed by atoms with Crippen LogP contribution in [0.5, 0.6) is 0 Å². The van der Waals surface area contributed by atoms with E-state index in [1.807, 2.05) is 18.0 Å². The number of nitrogens with zero attached hydrogens (tertiary/aromatic N) is 2. The van der Waals surface area contributed by atoms with Crippen LogP contribution in [-0.2, 0) is 11.3 Å². The summed E-state index contributed by atoms with van der Waals surface area (Å²) in [7, 11) is 1.89. The summed E-state index contributed by atoms with van der Waals surface area (Å²) >= 11 is 0. The predicted octanol–water partition coefficient (Wildman–Crippen LogP) is 1.25. The molecular formula is C18H21N3O4. The lowest BCUT2D eigenvalue weighted by Crippen LogP contribution is -2.56. The first-order chi connectivity index (χ1) is 12.0. The molecule has 1 atom stereocenters. The van der Waals surface area contributed by atoms with Gasteiger partial charge in [0.25, 0.3) is 0 Å². The van der Waals surface area contributed by atoms with Crippen LogP contribution in [0.3, 0.4) is 0 Å². The summed E-state index contributed by atoms with van der Waals surface area (Å²) < 4.78 is 5.85. The first kappa shape index (κ1) is 17.2. The van der Waals surface area contributed by atoms with Crippen LogP contribution in [0.25, 0.3) is 11.3 Å². The quantitative estimate of drug-likeness (QED) is 0.847. The van der Waals surface area contributed by atoms with Gasteiger partial charge in [-0.25, -0.2) is 4.79 Å². The Morgan fingerprint density at radius 1 is 1.24 bits per heavy atom. The molecule has 3 rings (SSSR count). The number of nitrogens with two attached hydrogens (primary N) is 1. The second kappa shape index (κ2) is 7.08. The average Bonchev–Trinajstić information content (AvgIpc) is 3.04. The van der Waals surface area contributed by atoms with E-state index >= 15 is 0 Å². The van der Waals surface area contributed by atoms with Gasteiger partial charge in [-0.15, -0.1) is 0 Å². The van der Waals surface area contributed by atoms with Crippen molar-refractivity contribution in [2.24, 2.45) is 5.73 Å². The Bertz CT molecular complexity index is 786. The number of carboxylic acids is 1. The summed E-state index contributed by atoms with van der Waals surface area (Å²) in [6.45, 7) is 2.66. The molecule has 3 N–H and O–H groups in total. The maximum atomic E-state index is 11.5. The van der Waals surface area contributed by atoms with Crippen molar-refractivity contribution in [3.8, 4) is 11.3 Å². The van der Waals surface area contributed by atoms with Gasteiger partial charge in [0.1, 0.15) is 17.6 Å². The number of carbonyl (C=O) groups is 2. The zero-order valence-corrected chi connectivity index (χ0v) is 14.0. The first-order valence-corrected chi connectivity index (χ1v) is 8.09. The standard InChI is InChI=1S/C18H21N3O4/c1-20-8-9-21(11-15(20)17(19)22)10-12-6-7-16(25-12)13-4-2-3-5-14(13)18(23)24/h2-7,15H,8-11H2,1H3,(H2,19,22)(H,23,24)/t15-/m1/s1. The molecule has 0 radical (unpaired) electrons. The Morgan fingerprint density at radius 3 is 2.72 bits per heavy atom. The Balaban J connectivity index is 1.75. The van der Waals surface area contributed by atoms with E-state index in [1.165, 1.54) is 0 Å². The largest absolute Gasteiger partial charge is 0.478 e. The summed E-state index contributed by atoms with van der Waals surface area (Å²) in [4.78, 5) is 26.9. The number of hydrogen-bond acceptors (Lipinski definition) is 5. The highest BCUT2D eigenvalue weighted by Crippen LogP contribution is 2.26. The van der Waals surface area contributed by atoms with Crippen molar-refractivity contribution >= 4 is 11.9 Å². The minimum atomic E-state index is -0.989. The molecule has 0 saturated carbocycles. The molecule has 1 aromatic heterocycles. The fraction of sp³-hybridized carbons (Fsp3) is 0.333. The van der Waals surface area contributed by atoms with Gasteiger partial charge in [-0.2, -0.15) is 0 Å². The Labute approximate surface area is 145 Å². The van der Waals surface area contributed by atoms with Crippen molar-refractivity contribution in [3.05, 3.63) is 47.7 Å². The van der Waals surface area contributed by atoms with Crippen molar-refractivity contribution < 1.29 is 19.1 Å². The SMILES string of the molecule is CN1CCN(Cc2ccc(-c3ccccc3C(=O)O)o2)C[C@@H]1C(N)=O. The number of furan rings is 1. The zero-order valence-electron chi connectivity index (χ0n) is 14.0. The van der Waals surface area contributed by atoms with Crippen molar-refractivity contribution in [1.82, 2.24) is 9.80 Å². The summed E-state index contributed by atoms with van der Waals surface area (Å²) in [6, 6.07) is 10.1. The molecule has 7 nitrogen and oxygen atoms in total.